The minimum absolute atomic E-state index is 0.360. The van der Waals surface area contributed by atoms with Crippen molar-refractivity contribution in [2.24, 2.45) is 0 Å². The quantitative estimate of drug-likeness (QED) is 0.874. The lowest BCUT2D eigenvalue weighted by atomic mass is 10.1. The number of benzene rings is 1. The maximum absolute atomic E-state index is 12.5. The molecule has 2 rings (SSSR count). The zero-order valence-corrected chi connectivity index (χ0v) is 14.8. The minimum Gasteiger partial charge on any atom is -0.496 e. The molecule has 1 fully saturated rings. The number of nitrogens with zero attached hydrogens (tertiary/aromatic N) is 2. The highest BCUT2D eigenvalue weighted by Gasteiger charge is 2.38. The van der Waals surface area contributed by atoms with Crippen LogP contribution in [0.1, 0.15) is 12.5 Å². The molecule has 0 aromatic heterocycles. The predicted molar refractivity (Wildman–Crippen MR) is 88.9 cm³/mol. The average Bonchev–Trinajstić information content (AvgIpc) is 2.54. The van der Waals surface area contributed by atoms with Gasteiger partial charge in [0.2, 0.25) is 0 Å². The Hall–Kier alpha value is -1.67. The number of halogens is 4. The summed E-state index contributed by atoms with van der Waals surface area (Å²) in [6.45, 7) is 3.36. The third-order valence-corrected chi connectivity index (χ3v) is 4.36. The Morgan fingerprint density at radius 1 is 1.32 bits per heavy atom. The van der Waals surface area contributed by atoms with Gasteiger partial charge in [-0.05, 0) is 25.1 Å². The van der Waals surface area contributed by atoms with E-state index < -0.39 is 18.2 Å². The normalized spacial score (nSPS) is 17.3. The van der Waals surface area contributed by atoms with E-state index in [2.05, 4.69) is 4.90 Å². The van der Waals surface area contributed by atoms with E-state index in [0.717, 1.165) is 18.2 Å². The summed E-state index contributed by atoms with van der Waals surface area (Å²) >= 11 is 6.01. The molecule has 1 unspecified atom stereocenters. The molecule has 1 heterocycles. The van der Waals surface area contributed by atoms with Gasteiger partial charge in [-0.3, -0.25) is 4.90 Å². The molecule has 0 saturated carbocycles. The second kappa shape index (κ2) is 8.14. The summed E-state index contributed by atoms with van der Waals surface area (Å²) in [6.07, 6.45) is -4.44. The molecular weight excluding hydrogens is 359 g/mol. The molecule has 1 N–H and O–H groups in total. The maximum atomic E-state index is 12.5. The van der Waals surface area contributed by atoms with Crippen LogP contribution in [0.2, 0.25) is 5.02 Å². The van der Waals surface area contributed by atoms with Crippen molar-refractivity contribution >= 4 is 17.6 Å². The van der Waals surface area contributed by atoms with Crippen molar-refractivity contribution in [3.8, 4) is 5.75 Å². The maximum Gasteiger partial charge on any atom is 0.408 e. The Morgan fingerprint density at radius 2 is 1.96 bits per heavy atom. The fourth-order valence-corrected chi connectivity index (χ4v) is 2.77. The van der Waals surface area contributed by atoms with Gasteiger partial charge in [0.25, 0.3) is 0 Å². The van der Waals surface area contributed by atoms with Gasteiger partial charge in [-0.25, -0.2) is 4.79 Å². The van der Waals surface area contributed by atoms with Crippen LogP contribution in [0.15, 0.2) is 18.2 Å². The van der Waals surface area contributed by atoms with Crippen LogP contribution in [0.3, 0.4) is 0 Å². The van der Waals surface area contributed by atoms with Crippen molar-refractivity contribution in [3.05, 3.63) is 28.8 Å². The molecule has 0 bridgehead atoms. The van der Waals surface area contributed by atoms with Crippen molar-refractivity contribution in [1.82, 2.24) is 15.1 Å². The van der Waals surface area contributed by atoms with Crippen LogP contribution in [0.5, 0.6) is 5.75 Å². The third kappa shape index (κ3) is 5.40. The molecule has 9 heteroatoms. The fraction of sp³-hybridized carbons (Fsp3) is 0.562. The van der Waals surface area contributed by atoms with Gasteiger partial charge in [0.1, 0.15) is 11.8 Å². The van der Waals surface area contributed by atoms with Crippen molar-refractivity contribution in [2.75, 3.05) is 33.3 Å². The van der Waals surface area contributed by atoms with Crippen LogP contribution < -0.4 is 10.1 Å². The number of amides is 2. The molecule has 1 aliphatic heterocycles. The zero-order chi connectivity index (χ0) is 18.6. The van der Waals surface area contributed by atoms with Crippen molar-refractivity contribution in [2.45, 2.75) is 25.7 Å². The predicted octanol–water partition coefficient (Wildman–Crippen LogP) is 3.13. The molecule has 140 valence electrons. The summed E-state index contributed by atoms with van der Waals surface area (Å²) in [5, 5.41) is 2.59. The van der Waals surface area contributed by atoms with Gasteiger partial charge < -0.3 is 15.0 Å². The number of alkyl halides is 3. The van der Waals surface area contributed by atoms with Gasteiger partial charge >= 0.3 is 12.2 Å². The lowest BCUT2D eigenvalue weighted by Gasteiger charge is -2.35. The van der Waals surface area contributed by atoms with E-state index in [0.29, 0.717) is 37.7 Å². The highest BCUT2D eigenvalue weighted by Crippen LogP contribution is 2.24. The summed E-state index contributed by atoms with van der Waals surface area (Å²) in [4.78, 5) is 15.4. The van der Waals surface area contributed by atoms with Crippen molar-refractivity contribution < 1.29 is 22.7 Å². The van der Waals surface area contributed by atoms with Crippen molar-refractivity contribution in [1.29, 1.82) is 0 Å². The molecule has 0 aliphatic carbocycles. The first kappa shape index (κ1) is 19.7. The standard InChI is InChI=1S/C16H21ClF3N3O2/c1-11(16(18,19)20)21-15(24)23-7-5-22(6-8-23)10-12-9-13(17)3-4-14(12)25-2/h3-4,9,11H,5-8,10H2,1-2H3,(H,21,24). The van der Waals surface area contributed by atoms with Crippen LogP contribution in [0.25, 0.3) is 0 Å². The van der Waals surface area contributed by atoms with Gasteiger partial charge in [0.05, 0.1) is 7.11 Å². The second-order valence-corrected chi connectivity index (χ2v) is 6.37. The summed E-state index contributed by atoms with van der Waals surface area (Å²) in [5.41, 5.74) is 0.929. The second-order valence-electron chi connectivity index (χ2n) is 5.93. The molecular formula is C16H21ClF3N3O2. The van der Waals surface area contributed by atoms with E-state index in [1.54, 1.807) is 19.2 Å². The van der Waals surface area contributed by atoms with E-state index in [1.165, 1.54) is 4.90 Å². The first-order chi connectivity index (χ1) is 11.7. The number of ether oxygens (including phenoxy) is 1. The smallest absolute Gasteiger partial charge is 0.408 e. The minimum atomic E-state index is -4.44. The highest BCUT2D eigenvalue weighted by atomic mass is 35.5. The fourth-order valence-electron chi connectivity index (χ4n) is 2.58. The van der Waals surface area contributed by atoms with E-state index >= 15 is 0 Å². The molecule has 2 amide bonds. The first-order valence-corrected chi connectivity index (χ1v) is 8.25. The number of rotatable bonds is 4. The van der Waals surface area contributed by atoms with Gasteiger partial charge in [-0.2, -0.15) is 13.2 Å². The molecule has 1 aromatic carbocycles. The van der Waals surface area contributed by atoms with Gasteiger partial charge in [0.15, 0.2) is 0 Å². The molecule has 1 aromatic rings. The monoisotopic (exact) mass is 379 g/mol. The molecule has 25 heavy (non-hydrogen) atoms. The third-order valence-electron chi connectivity index (χ3n) is 4.13. The van der Waals surface area contributed by atoms with Crippen LogP contribution in [0.4, 0.5) is 18.0 Å². The SMILES string of the molecule is COc1ccc(Cl)cc1CN1CCN(C(=O)NC(C)C(F)(F)F)CC1. The van der Waals surface area contributed by atoms with Crippen molar-refractivity contribution in [3.63, 3.8) is 0 Å². The summed E-state index contributed by atoms with van der Waals surface area (Å²) in [7, 11) is 1.58. The summed E-state index contributed by atoms with van der Waals surface area (Å²) in [6, 6.07) is 2.80. The first-order valence-electron chi connectivity index (χ1n) is 7.87. The van der Waals surface area contributed by atoms with E-state index in [1.807, 2.05) is 11.4 Å². The number of urea groups is 1. The topological polar surface area (TPSA) is 44.8 Å². The zero-order valence-electron chi connectivity index (χ0n) is 14.1. The molecule has 0 spiro atoms. The largest absolute Gasteiger partial charge is 0.496 e. The van der Waals surface area contributed by atoms with Gasteiger partial charge in [-0.1, -0.05) is 11.6 Å². The number of nitrogens with one attached hydrogen (secondary N) is 1. The molecule has 1 saturated heterocycles. The highest BCUT2D eigenvalue weighted by molar-refractivity contribution is 6.30. The lowest BCUT2D eigenvalue weighted by molar-refractivity contribution is -0.149. The number of carbonyl (C=O) groups excluding carboxylic acids is 1. The van der Waals surface area contributed by atoms with Crippen LogP contribution in [-0.2, 0) is 6.54 Å². The van der Waals surface area contributed by atoms with Crippen LogP contribution in [0, 0.1) is 0 Å². The molecule has 1 atom stereocenters. The molecule has 0 radical (unpaired) electrons. The Balaban J connectivity index is 1.88. The number of carbonyl (C=O) groups is 1. The number of piperazine rings is 1. The summed E-state index contributed by atoms with van der Waals surface area (Å²) < 4.78 is 42.9. The van der Waals surface area contributed by atoms with E-state index in [9.17, 15) is 18.0 Å². The Bertz CT molecular complexity index is 605. The van der Waals surface area contributed by atoms with Gasteiger partial charge in [-0.15, -0.1) is 0 Å². The molecule has 1 aliphatic rings. The molecule has 5 nitrogen and oxygen atoms in total. The Kier molecular flexibility index (Phi) is 6.40. The van der Waals surface area contributed by atoms with Crippen LogP contribution >= 0.6 is 11.6 Å². The van der Waals surface area contributed by atoms with E-state index in [4.69, 9.17) is 16.3 Å². The van der Waals surface area contributed by atoms with Crippen LogP contribution in [-0.4, -0.2) is 61.3 Å². The number of hydrogen-bond acceptors (Lipinski definition) is 3. The van der Waals surface area contributed by atoms with E-state index in [-0.39, 0.29) is 0 Å². The number of methoxy groups -OCH3 is 1. The Labute approximate surface area is 149 Å². The number of hydrogen-bond donors (Lipinski definition) is 1. The Morgan fingerprint density at radius 3 is 2.52 bits per heavy atom. The lowest BCUT2D eigenvalue weighted by Crippen LogP contribution is -2.54. The average molecular weight is 380 g/mol. The summed E-state index contributed by atoms with van der Waals surface area (Å²) in [5.74, 6) is 0.726. The van der Waals surface area contributed by atoms with Gasteiger partial charge in [0, 0.05) is 43.3 Å².